The van der Waals surface area contributed by atoms with Crippen molar-refractivity contribution >= 4 is 17.5 Å². The maximum Gasteiger partial charge on any atom is 0.270 e. The summed E-state index contributed by atoms with van der Waals surface area (Å²) < 4.78 is 0. The monoisotopic (exact) mass is 330 g/mol. The molecule has 1 amide bonds. The van der Waals surface area contributed by atoms with Crippen LogP contribution in [-0.4, -0.2) is 40.4 Å². The molecule has 120 valence electrons. The highest BCUT2D eigenvalue weighted by Gasteiger charge is 2.15. The zero-order chi connectivity index (χ0) is 16.1. The van der Waals surface area contributed by atoms with Gasteiger partial charge in [0, 0.05) is 32.2 Å². The van der Waals surface area contributed by atoms with E-state index >= 15 is 0 Å². The molecule has 1 aliphatic heterocycles. The van der Waals surface area contributed by atoms with Gasteiger partial charge in [0.1, 0.15) is 17.2 Å². The minimum Gasteiger partial charge on any atom is -0.351 e. The zero-order valence-corrected chi connectivity index (χ0v) is 13.6. The molecule has 23 heavy (non-hydrogen) atoms. The molecule has 1 N–H and O–H groups in total. The van der Waals surface area contributed by atoms with Gasteiger partial charge in [-0.2, -0.15) is 0 Å². The molecule has 0 spiro atoms. The van der Waals surface area contributed by atoms with Crippen molar-refractivity contribution in [1.29, 1.82) is 0 Å². The van der Waals surface area contributed by atoms with Crippen molar-refractivity contribution in [2.75, 3.05) is 19.6 Å². The van der Waals surface area contributed by atoms with Crippen LogP contribution in [0.15, 0.2) is 36.7 Å². The van der Waals surface area contributed by atoms with E-state index in [2.05, 4.69) is 44.5 Å². The summed E-state index contributed by atoms with van der Waals surface area (Å²) in [5, 5.41) is 3.15. The summed E-state index contributed by atoms with van der Waals surface area (Å²) in [4.78, 5) is 22.0. The van der Waals surface area contributed by atoms with E-state index in [1.807, 2.05) is 0 Å². The van der Waals surface area contributed by atoms with Crippen LogP contribution in [0.2, 0.25) is 5.15 Å². The number of nitrogens with one attached hydrogen (secondary N) is 1. The van der Waals surface area contributed by atoms with Crippen molar-refractivity contribution in [2.24, 2.45) is 0 Å². The predicted molar refractivity (Wildman–Crippen MR) is 89.4 cm³/mol. The number of aromatic nitrogens is 2. The lowest BCUT2D eigenvalue weighted by Gasteiger charge is -2.28. The summed E-state index contributed by atoms with van der Waals surface area (Å²) in [7, 11) is 0. The second kappa shape index (κ2) is 7.53. The molecule has 0 bridgehead atoms. The fraction of sp³-hybridized carbons (Fsp3) is 0.353. The van der Waals surface area contributed by atoms with Crippen LogP contribution in [0.25, 0.3) is 0 Å². The van der Waals surface area contributed by atoms with Gasteiger partial charge in [0.25, 0.3) is 5.91 Å². The molecule has 2 aromatic rings. The summed E-state index contributed by atoms with van der Waals surface area (Å²) in [6.07, 6.45) is 3.30. The van der Waals surface area contributed by atoms with E-state index in [0.717, 1.165) is 32.5 Å². The summed E-state index contributed by atoms with van der Waals surface area (Å²) in [6, 6.07) is 10.1. The van der Waals surface area contributed by atoms with Gasteiger partial charge in [-0.25, -0.2) is 9.97 Å². The number of hydrogen-bond acceptors (Lipinski definition) is 4. The quantitative estimate of drug-likeness (QED) is 0.675. The average molecular weight is 331 g/mol. The number of carbonyl (C=O) groups is 1. The van der Waals surface area contributed by atoms with Crippen molar-refractivity contribution < 1.29 is 4.79 Å². The minimum absolute atomic E-state index is 0.210. The molecule has 5 nitrogen and oxygen atoms in total. The van der Waals surface area contributed by atoms with Crippen LogP contribution in [0.5, 0.6) is 0 Å². The molecule has 0 atom stereocenters. The van der Waals surface area contributed by atoms with Crippen LogP contribution in [0.4, 0.5) is 0 Å². The summed E-state index contributed by atoms with van der Waals surface area (Å²) in [5.41, 5.74) is 3.17. The zero-order valence-electron chi connectivity index (χ0n) is 12.8. The highest BCUT2D eigenvalue weighted by molar-refractivity contribution is 6.29. The Bertz CT molecular complexity index is 692. The summed E-state index contributed by atoms with van der Waals surface area (Å²) in [5.74, 6) is -0.210. The van der Waals surface area contributed by atoms with Gasteiger partial charge < -0.3 is 5.32 Å². The Kier molecular flexibility index (Phi) is 5.20. The van der Waals surface area contributed by atoms with Crippen LogP contribution in [0, 0.1) is 0 Å². The molecule has 1 aromatic carbocycles. The smallest absolute Gasteiger partial charge is 0.270 e. The molecule has 0 aliphatic carbocycles. The van der Waals surface area contributed by atoms with Gasteiger partial charge in [0.2, 0.25) is 0 Å². The first-order valence-electron chi connectivity index (χ1n) is 7.77. The summed E-state index contributed by atoms with van der Waals surface area (Å²) >= 11 is 5.76. The van der Waals surface area contributed by atoms with Crippen molar-refractivity contribution in [3.05, 3.63) is 58.6 Å². The van der Waals surface area contributed by atoms with Crippen molar-refractivity contribution in [3.8, 4) is 0 Å². The minimum atomic E-state index is -0.210. The van der Waals surface area contributed by atoms with Crippen LogP contribution in [-0.2, 0) is 13.0 Å². The lowest BCUT2D eigenvalue weighted by Crippen LogP contribution is -2.33. The van der Waals surface area contributed by atoms with E-state index in [-0.39, 0.29) is 11.1 Å². The van der Waals surface area contributed by atoms with Crippen molar-refractivity contribution in [2.45, 2.75) is 19.4 Å². The first-order chi connectivity index (χ1) is 11.2. The molecule has 0 fully saturated rings. The van der Waals surface area contributed by atoms with Gasteiger partial charge in [0.05, 0.1) is 0 Å². The maximum atomic E-state index is 11.9. The van der Waals surface area contributed by atoms with Gasteiger partial charge >= 0.3 is 0 Å². The normalized spacial score (nSPS) is 14.3. The Morgan fingerprint density at radius 3 is 2.91 bits per heavy atom. The number of nitrogens with zero attached hydrogens (tertiary/aromatic N) is 3. The van der Waals surface area contributed by atoms with Crippen LogP contribution < -0.4 is 5.32 Å². The highest BCUT2D eigenvalue weighted by atomic mass is 35.5. The third-order valence-electron chi connectivity index (χ3n) is 4.01. The third-order valence-corrected chi connectivity index (χ3v) is 4.22. The van der Waals surface area contributed by atoms with Crippen molar-refractivity contribution in [3.63, 3.8) is 0 Å². The number of fused-ring (bicyclic) bond motifs is 1. The molecule has 0 saturated carbocycles. The Morgan fingerprint density at radius 2 is 2.09 bits per heavy atom. The van der Waals surface area contributed by atoms with E-state index in [1.54, 1.807) is 0 Å². The molecule has 2 heterocycles. The molecule has 0 saturated heterocycles. The van der Waals surface area contributed by atoms with E-state index in [0.29, 0.717) is 12.2 Å². The SMILES string of the molecule is O=C(NCCCN1CCc2ccccc2C1)c1cc(Cl)ncn1. The first-order valence-corrected chi connectivity index (χ1v) is 8.15. The molecule has 0 radical (unpaired) electrons. The number of halogens is 1. The number of benzene rings is 1. The molecular weight excluding hydrogens is 312 g/mol. The fourth-order valence-electron chi connectivity index (χ4n) is 2.80. The topological polar surface area (TPSA) is 58.1 Å². The average Bonchev–Trinajstić information content (AvgIpc) is 2.58. The van der Waals surface area contributed by atoms with Gasteiger partial charge in [-0.05, 0) is 24.0 Å². The van der Waals surface area contributed by atoms with Gasteiger partial charge in [-0.3, -0.25) is 9.69 Å². The molecule has 1 aromatic heterocycles. The number of rotatable bonds is 5. The number of hydrogen-bond donors (Lipinski definition) is 1. The Labute approximate surface area is 140 Å². The standard InChI is InChI=1S/C17H19ClN4O/c18-16-10-15(20-12-21-16)17(23)19-7-3-8-22-9-6-13-4-1-2-5-14(13)11-22/h1-2,4-5,10,12H,3,6-9,11H2,(H,19,23). The van der Waals surface area contributed by atoms with E-state index in [4.69, 9.17) is 11.6 Å². The largest absolute Gasteiger partial charge is 0.351 e. The lowest BCUT2D eigenvalue weighted by molar-refractivity contribution is 0.0946. The molecule has 6 heteroatoms. The number of carbonyl (C=O) groups excluding carboxylic acids is 1. The maximum absolute atomic E-state index is 11.9. The molecule has 1 aliphatic rings. The van der Waals surface area contributed by atoms with E-state index in [9.17, 15) is 4.79 Å². The van der Waals surface area contributed by atoms with E-state index in [1.165, 1.54) is 23.5 Å². The third kappa shape index (κ3) is 4.27. The van der Waals surface area contributed by atoms with E-state index < -0.39 is 0 Å². The lowest BCUT2D eigenvalue weighted by atomic mass is 10.00. The number of amides is 1. The van der Waals surface area contributed by atoms with Gasteiger partial charge in [0.15, 0.2) is 0 Å². The molecule has 0 unspecified atom stereocenters. The first kappa shape index (κ1) is 15.9. The molecule has 3 rings (SSSR count). The second-order valence-corrected chi connectivity index (χ2v) is 6.02. The predicted octanol–water partition coefficient (Wildman–Crippen LogP) is 2.31. The van der Waals surface area contributed by atoms with Crippen molar-refractivity contribution in [1.82, 2.24) is 20.2 Å². The second-order valence-electron chi connectivity index (χ2n) is 5.63. The van der Waals surface area contributed by atoms with Gasteiger partial charge in [-0.1, -0.05) is 35.9 Å². The van der Waals surface area contributed by atoms with Crippen LogP contribution in [0.1, 0.15) is 28.0 Å². The van der Waals surface area contributed by atoms with Gasteiger partial charge in [-0.15, -0.1) is 0 Å². The van der Waals surface area contributed by atoms with Crippen LogP contribution in [0.3, 0.4) is 0 Å². The van der Waals surface area contributed by atoms with Crippen LogP contribution >= 0.6 is 11.6 Å². The fourth-order valence-corrected chi connectivity index (χ4v) is 2.94. The Morgan fingerprint density at radius 1 is 1.26 bits per heavy atom. The highest BCUT2D eigenvalue weighted by Crippen LogP contribution is 2.18. The summed E-state index contributed by atoms with van der Waals surface area (Å²) in [6.45, 7) is 3.66. The Hall–Kier alpha value is -1.98. The Balaban J connectivity index is 1.41. The molecular formula is C17H19ClN4O.